The summed E-state index contributed by atoms with van der Waals surface area (Å²) >= 11 is 0. The standard InChI is InChI=1S/C30H37N9O/c1-6-20-16-25(27(40-5)17-26(20)39-14-12-38(4)13-15-39)36-30-34-18-21(7-2)29(37-30)35-23-8-9-24-28(22(23)19-31-3)33-11-10-32-24/h7-11,16-18,31H,2,6,12-15,19H2,1,3-5H3,(H2,34,35,36,37). The monoisotopic (exact) mass is 539 g/mol. The molecule has 2 aromatic heterocycles. The molecule has 0 atom stereocenters. The second-order valence-electron chi connectivity index (χ2n) is 9.82. The fraction of sp³-hybridized carbons (Fsp3) is 0.333. The molecule has 0 amide bonds. The number of aromatic nitrogens is 4. The van der Waals surface area contributed by atoms with Crippen molar-refractivity contribution >= 4 is 45.9 Å². The summed E-state index contributed by atoms with van der Waals surface area (Å²) in [6, 6.07) is 8.23. The summed E-state index contributed by atoms with van der Waals surface area (Å²) in [5.41, 5.74) is 7.65. The summed E-state index contributed by atoms with van der Waals surface area (Å²) in [4.78, 5) is 23.2. The van der Waals surface area contributed by atoms with Crippen LogP contribution in [0.2, 0.25) is 0 Å². The quantitative estimate of drug-likeness (QED) is 0.265. The number of nitrogens with one attached hydrogen (secondary N) is 3. The Morgan fingerprint density at radius 3 is 2.55 bits per heavy atom. The summed E-state index contributed by atoms with van der Waals surface area (Å²) in [5, 5.41) is 10.1. The molecule has 3 heterocycles. The zero-order valence-electron chi connectivity index (χ0n) is 23.7. The van der Waals surface area contributed by atoms with Gasteiger partial charge in [-0.3, -0.25) is 9.97 Å². The van der Waals surface area contributed by atoms with Crippen molar-refractivity contribution in [2.45, 2.75) is 19.9 Å². The van der Waals surface area contributed by atoms with Crippen LogP contribution in [0.5, 0.6) is 5.75 Å². The number of aryl methyl sites for hydroxylation is 1. The van der Waals surface area contributed by atoms with Crippen LogP contribution >= 0.6 is 0 Å². The van der Waals surface area contributed by atoms with E-state index in [2.05, 4.69) is 73.4 Å². The lowest BCUT2D eigenvalue weighted by Gasteiger charge is -2.35. The van der Waals surface area contributed by atoms with Crippen molar-refractivity contribution in [3.63, 3.8) is 0 Å². The minimum atomic E-state index is 0.455. The van der Waals surface area contributed by atoms with Crippen LogP contribution in [-0.4, -0.2) is 72.2 Å². The van der Waals surface area contributed by atoms with Gasteiger partial charge in [0.15, 0.2) is 0 Å². The number of rotatable bonds is 10. The SMILES string of the molecule is C=Cc1cnc(Nc2cc(CC)c(N3CCN(C)CC3)cc2OC)nc1Nc1ccc2nccnc2c1CNC. The number of likely N-dealkylation sites (N-methyl/N-ethyl adjacent to an activating group) is 1. The molecule has 1 saturated heterocycles. The second kappa shape index (κ2) is 12.3. The summed E-state index contributed by atoms with van der Waals surface area (Å²) in [6.07, 6.45) is 7.82. The highest BCUT2D eigenvalue weighted by molar-refractivity contribution is 5.85. The van der Waals surface area contributed by atoms with Crippen LogP contribution in [0.4, 0.5) is 28.8 Å². The van der Waals surface area contributed by atoms with Crippen molar-refractivity contribution in [3.8, 4) is 5.75 Å². The smallest absolute Gasteiger partial charge is 0.229 e. The average molecular weight is 540 g/mol. The van der Waals surface area contributed by atoms with Crippen LogP contribution in [0, 0.1) is 0 Å². The maximum Gasteiger partial charge on any atom is 0.229 e. The lowest BCUT2D eigenvalue weighted by molar-refractivity contribution is 0.312. The summed E-state index contributed by atoms with van der Waals surface area (Å²) in [6.45, 7) is 10.8. The highest BCUT2D eigenvalue weighted by atomic mass is 16.5. The number of fused-ring (bicyclic) bond motifs is 1. The molecule has 10 nitrogen and oxygen atoms in total. The molecule has 1 fully saturated rings. The molecule has 40 heavy (non-hydrogen) atoms. The van der Waals surface area contributed by atoms with Gasteiger partial charge in [0.1, 0.15) is 11.6 Å². The summed E-state index contributed by atoms with van der Waals surface area (Å²) < 4.78 is 5.82. The van der Waals surface area contributed by atoms with Crippen LogP contribution in [0.1, 0.15) is 23.6 Å². The first-order chi connectivity index (χ1) is 19.5. The molecule has 0 aliphatic carbocycles. The van der Waals surface area contributed by atoms with E-state index in [-0.39, 0.29) is 0 Å². The second-order valence-corrected chi connectivity index (χ2v) is 9.82. The largest absolute Gasteiger partial charge is 0.494 e. The third-order valence-corrected chi connectivity index (χ3v) is 7.26. The number of hydrogen-bond acceptors (Lipinski definition) is 10. The van der Waals surface area contributed by atoms with Gasteiger partial charge in [0.2, 0.25) is 5.95 Å². The third kappa shape index (κ3) is 5.68. The van der Waals surface area contributed by atoms with Crippen molar-refractivity contribution in [2.75, 3.05) is 62.9 Å². The molecule has 1 aliphatic rings. The van der Waals surface area contributed by atoms with Crippen LogP contribution in [-0.2, 0) is 13.0 Å². The molecule has 2 aromatic carbocycles. The van der Waals surface area contributed by atoms with E-state index in [1.807, 2.05) is 19.2 Å². The number of benzene rings is 2. The summed E-state index contributed by atoms with van der Waals surface area (Å²) in [5.74, 6) is 1.84. The topological polar surface area (TPSA) is 103 Å². The molecular weight excluding hydrogens is 502 g/mol. The van der Waals surface area contributed by atoms with Gasteiger partial charge in [0, 0.05) is 79.9 Å². The molecule has 4 aromatic rings. The molecule has 0 radical (unpaired) electrons. The number of piperazine rings is 1. The minimum Gasteiger partial charge on any atom is -0.494 e. The van der Waals surface area contributed by atoms with Crippen molar-refractivity contribution in [2.24, 2.45) is 0 Å². The zero-order chi connectivity index (χ0) is 28.1. The van der Waals surface area contributed by atoms with Gasteiger partial charge in [-0.25, -0.2) is 4.98 Å². The average Bonchev–Trinajstić information content (AvgIpc) is 2.99. The van der Waals surface area contributed by atoms with Gasteiger partial charge in [-0.15, -0.1) is 0 Å². The Hall–Kier alpha value is -4.28. The van der Waals surface area contributed by atoms with Gasteiger partial charge >= 0.3 is 0 Å². The first-order valence-corrected chi connectivity index (χ1v) is 13.6. The maximum absolute atomic E-state index is 5.82. The Morgan fingerprint density at radius 2 is 1.82 bits per heavy atom. The maximum atomic E-state index is 5.82. The predicted octanol–water partition coefficient (Wildman–Crippen LogP) is 4.59. The van der Waals surface area contributed by atoms with Gasteiger partial charge in [-0.2, -0.15) is 4.98 Å². The Bertz CT molecular complexity index is 1500. The lowest BCUT2D eigenvalue weighted by atomic mass is 10.1. The van der Waals surface area contributed by atoms with E-state index in [1.165, 1.54) is 11.3 Å². The fourth-order valence-corrected chi connectivity index (χ4v) is 5.02. The van der Waals surface area contributed by atoms with Gasteiger partial charge in [0.25, 0.3) is 0 Å². The fourth-order valence-electron chi connectivity index (χ4n) is 5.02. The van der Waals surface area contributed by atoms with Crippen LogP contribution in [0.25, 0.3) is 17.1 Å². The van der Waals surface area contributed by atoms with Crippen LogP contribution < -0.4 is 25.6 Å². The normalized spacial score (nSPS) is 13.8. The number of anilines is 5. The van der Waals surface area contributed by atoms with Crippen molar-refractivity contribution in [1.82, 2.24) is 30.2 Å². The molecular formula is C30H37N9O. The molecule has 1 aliphatic heterocycles. The Balaban J connectivity index is 1.47. The molecule has 0 bridgehead atoms. The van der Waals surface area contributed by atoms with Crippen molar-refractivity contribution in [1.29, 1.82) is 0 Å². The van der Waals surface area contributed by atoms with Crippen LogP contribution in [0.15, 0.2) is 49.4 Å². The highest BCUT2D eigenvalue weighted by Crippen LogP contribution is 2.36. The zero-order valence-corrected chi connectivity index (χ0v) is 23.7. The number of hydrogen-bond donors (Lipinski definition) is 3. The highest BCUT2D eigenvalue weighted by Gasteiger charge is 2.20. The minimum absolute atomic E-state index is 0.455. The molecule has 0 saturated carbocycles. The van der Waals surface area contributed by atoms with Gasteiger partial charge in [-0.1, -0.05) is 19.6 Å². The first kappa shape index (κ1) is 27.3. The molecule has 208 valence electrons. The van der Waals surface area contributed by atoms with E-state index in [9.17, 15) is 0 Å². The first-order valence-electron chi connectivity index (χ1n) is 13.6. The summed E-state index contributed by atoms with van der Waals surface area (Å²) in [7, 11) is 5.77. The number of methoxy groups -OCH3 is 1. The molecule has 10 heteroatoms. The predicted molar refractivity (Wildman–Crippen MR) is 163 cm³/mol. The van der Waals surface area contributed by atoms with Crippen LogP contribution in [0.3, 0.4) is 0 Å². The molecule has 0 unspecified atom stereocenters. The van der Waals surface area contributed by atoms with E-state index >= 15 is 0 Å². The third-order valence-electron chi connectivity index (χ3n) is 7.26. The van der Waals surface area contributed by atoms with Gasteiger partial charge < -0.3 is 30.5 Å². The van der Waals surface area contributed by atoms with Crippen molar-refractivity contribution < 1.29 is 4.74 Å². The lowest BCUT2D eigenvalue weighted by Crippen LogP contribution is -2.44. The molecule has 5 rings (SSSR count). The Labute approximate surface area is 235 Å². The Morgan fingerprint density at radius 1 is 1.02 bits per heavy atom. The molecule has 0 spiro atoms. The van der Waals surface area contributed by atoms with Gasteiger partial charge in [0.05, 0.1) is 23.8 Å². The Kier molecular flexibility index (Phi) is 8.37. The van der Waals surface area contributed by atoms with E-state index in [4.69, 9.17) is 9.72 Å². The van der Waals surface area contributed by atoms with Crippen molar-refractivity contribution in [3.05, 3.63) is 66.1 Å². The van der Waals surface area contributed by atoms with E-state index < -0.39 is 0 Å². The van der Waals surface area contributed by atoms with E-state index in [0.29, 0.717) is 18.3 Å². The number of ether oxygens (including phenoxy) is 1. The van der Waals surface area contributed by atoms with Gasteiger partial charge in [-0.05, 0) is 44.3 Å². The van der Waals surface area contributed by atoms with E-state index in [1.54, 1.807) is 31.8 Å². The number of nitrogens with zero attached hydrogens (tertiary/aromatic N) is 6. The molecule has 3 N–H and O–H groups in total. The van der Waals surface area contributed by atoms with E-state index in [0.717, 1.165) is 71.9 Å².